The van der Waals surface area contributed by atoms with Crippen LogP contribution in [0.4, 0.5) is 4.79 Å². The molecule has 2 aromatic rings. The van der Waals surface area contributed by atoms with Crippen LogP contribution in [0, 0.1) is 0 Å². The normalized spacial score (nSPS) is 17.3. The monoisotopic (exact) mass is 427 g/mol. The number of hydrogen-bond acceptors (Lipinski definition) is 6. The van der Waals surface area contributed by atoms with Crippen molar-refractivity contribution in [1.29, 1.82) is 0 Å². The van der Waals surface area contributed by atoms with Gasteiger partial charge < -0.3 is 24.4 Å². The molecule has 1 aromatic heterocycles. The van der Waals surface area contributed by atoms with E-state index < -0.39 is 5.60 Å². The van der Waals surface area contributed by atoms with Gasteiger partial charge in [0.15, 0.2) is 0 Å². The highest BCUT2D eigenvalue weighted by Crippen LogP contribution is 2.32. The summed E-state index contributed by atoms with van der Waals surface area (Å²) in [6.07, 6.45) is 3.39. The van der Waals surface area contributed by atoms with Gasteiger partial charge in [-0.05, 0) is 56.9 Å². The molecule has 1 aromatic carbocycles. The Morgan fingerprint density at radius 1 is 1.16 bits per heavy atom. The minimum atomic E-state index is -0.526. The maximum atomic E-state index is 12.9. The molecule has 1 N–H and O–H groups in total. The molecule has 3 rings (SSSR count). The van der Waals surface area contributed by atoms with Crippen molar-refractivity contribution >= 4 is 6.09 Å². The molecule has 1 aliphatic heterocycles. The molecule has 2 atom stereocenters. The highest BCUT2D eigenvalue weighted by molar-refractivity contribution is 5.69. The van der Waals surface area contributed by atoms with Crippen molar-refractivity contribution in [3.63, 3.8) is 0 Å². The van der Waals surface area contributed by atoms with E-state index in [1.54, 1.807) is 20.4 Å². The molecule has 0 bridgehead atoms. The summed E-state index contributed by atoms with van der Waals surface area (Å²) in [5, 5.41) is 3.65. The van der Waals surface area contributed by atoms with Gasteiger partial charge in [-0.15, -0.1) is 0 Å². The van der Waals surface area contributed by atoms with E-state index in [1.807, 2.05) is 62.1 Å². The van der Waals surface area contributed by atoms with Crippen molar-refractivity contribution in [2.75, 3.05) is 20.8 Å². The van der Waals surface area contributed by atoms with Gasteiger partial charge in [0.1, 0.15) is 11.4 Å². The minimum Gasteiger partial charge on any atom is -0.497 e. The Morgan fingerprint density at radius 2 is 1.90 bits per heavy atom. The summed E-state index contributed by atoms with van der Waals surface area (Å²) in [5.41, 5.74) is 1.62. The van der Waals surface area contributed by atoms with Gasteiger partial charge in [0.25, 0.3) is 0 Å². The summed E-state index contributed by atoms with van der Waals surface area (Å²) < 4.78 is 16.1. The molecule has 1 fully saturated rings. The Bertz CT molecular complexity index is 847. The molecule has 0 spiro atoms. The van der Waals surface area contributed by atoms with E-state index in [4.69, 9.17) is 14.2 Å². The fourth-order valence-corrected chi connectivity index (χ4v) is 3.84. The van der Waals surface area contributed by atoms with Crippen LogP contribution in [0.1, 0.15) is 50.8 Å². The first kappa shape index (κ1) is 22.9. The van der Waals surface area contributed by atoms with Crippen LogP contribution in [-0.2, 0) is 11.3 Å². The summed E-state index contributed by atoms with van der Waals surface area (Å²) in [7, 11) is 3.26. The molecule has 7 heteroatoms. The van der Waals surface area contributed by atoms with Gasteiger partial charge in [-0.1, -0.05) is 18.2 Å². The molecule has 0 aliphatic carbocycles. The number of methoxy groups -OCH3 is 2. The Morgan fingerprint density at radius 3 is 2.48 bits per heavy atom. The van der Waals surface area contributed by atoms with Crippen molar-refractivity contribution in [2.45, 2.75) is 57.8 Å². The second-order valence-electron chi connectivity index (χ2n) is 8.72. The Labute approximate surface area is 184 Å². The standard InChI is InChI=1S/C24H33N3O4/c1-24(2,3)31-23(28)27-14-6-7-20(27)22(18-9-11-19(29-4)12-10-18)26-16-17-8-13-21(30-5)25-15-17/h8-13,15,20,22,26H,6-7,14,16H2,1-5H3/t20-,22+/m0/s1. The summed E-state index contributed by atoms with van der Waals surface area (Å²) in [6.45, 7) is 6.99. The summed E-state index contributed by atoms with van der Waals surface area (Å²) in [6, 6.07) is 11.8. The predicted molar refractivity (Wildman–Crippen MR) is 119 cm³/mol. The maximum absolute atomic E-state index is 12.9. The van der Waals surface area contributed by atoms with Crippen molar-refractivity contribution in [3.8, 4) is 11.6 Å². The van der Waals surface area contributed by atoms with Gasteiger partial charge in [-0.3, -0.25) is 0 Å². The van der Waals surface area contributed by atoms with Crippen LogP contribution in [0.25, 0.3) is 0 Å². The SMILES string of the molecule is COc1ccc([C@@H](NCc2ccc(OC)nc2)[C@@H]2CCCN2C(=O)OC(C)(C)C)cc1. The van der Waals surface area contributed by atoms with Crippen LogP contribution in [0.5, 0.6) is 11.6 Å². The quantitative estimate of drug-likeness (QED) is 0.709. The summed E-state index contributed by atoms with van der Waals surface area (Å²) >= 11 is 0. The number of carbonyl (C=O) groups is 1. The third-order valence-corrected chi connectivity index (χ3v) is 5.32. The van der Waals surface area contributed by atoms with Crippen molar-refractivity contribution in [3.05, 3.63) is 53.7 Å². The lowest BCUT2D eigenvalue weighted by atomic mass is 9.97. The van der Waals surface area contributed by atoms with Crippen LogP contribution in [0.15, 0.2) is 42.6 Å². The second kappa shape index (κ2) is 10.0. The van der Waals surface area contributed by atoms with E-state index in [1.165, 1.54) is 0 Å². The predicted octanol–water partition coefficient (Wildman–Crippen LogP) is 4.33. The van der Waals surface area contributed by atoms with E-state index in [2.05, 4.69) is 10.3 Å². The van der Waals surface area contributed by atoms with Crippen LogP contribution < -0.4 is 14.8 Å². The van der Waals surface area contributed by atoms with Gasteiger partial charge in [0.2, 0.25) is 5.88 Å². The number of nitrogens with zero attached hydrogens (tertiary/aromatic N) is 2. The lowest BCUT2D eigenvalue weighted by molar-refractivity contribution is 0.0194. The van der Waals surface area contributed by atoms with E-state index in [0.717, 1.165) is 29.7 Å². The van der Waals surface area contributed by atoms with Crippen LogP contribution in [0.3, 0.4) is 0 Å². The average molecular weight is 428 g/mol. The van der Waals surface area contributed by atoms with E-state index in [-0.39, 0.29) is 18.2 Å². The Kier molecular flexibility index (Phi) is 7.38. The molecule has 168 valence electrons. The summed E-state index contributed by atoms with van der Waals surface area (Å²) in [5.74, 6) is 1.39. The average Bonchev–Trinajstić information content (AvgIpc) is 3.23. The number of likely N-dealkylation sites (tertiary alicyclic amines) is 1. The first-order chi connectivity index (χ1) is 14.8. The first-order valence-electron chi connectivity index (χ1n) is 10.7. The molecule has 7 nitrogen and oxygen atoms in total. The van der Waals surface area contributed by atoms with Crippen molar-refractivity contribution in [2.24, 2.45) is 0 Å². The third-order valence-electron chi connectivity index (χ3n) is 5.32. The van der Waals surface area contributed by atoms with Crippen LogP contribution in [0.2, 0.25) is 0 Å². The molecule has 1 aliphatic rings. The first-order valence-corrected chi connectivity index (χ1v) is 10.7. The highest BCUT2D eigenvalue weighted by Gasteiger charge is 2.37. The van der Waals surface area contributed by atoms with Gasteiger partial charge in [0.05, 0.1) is 26.3 Å². The summed E-state index contributed by atoms with van der Waals surface area (Å²) in [4.78, 5) is 19.0. The molecule has 31 heavy (non-hydrogen) atoms. The molecule has 2 heterocycles. The van der Waals surface area contributed by atoms with Crippen molar-refractivity contribution < 1.29 is 19.0 Å². The number of hydrogen-bond donors (Lipinski definition) is 1. The van der Waals surface area contributed by atoms with Crippen molar-refractivity contribution in [1.82, 2.24) is 15.2 Å². The number of aromatic nitrogens is 1. The lowest BCUT2D eigenvalue weighted by Gasteiger charge is -2.34. The zero-order valence-electron chi connectivity index (χ0n) is 19.1. The van der Waals surface area contributed by atoms with Gasteiger partial charge in [0, 0.05) is 25.4 Å². The van der Waals surface area contributed by atoms with E-state index in [9.17, 15) is 4.79 Å². The lowest BCUT2D eigenvalue weighted by Crippen LogP contribution is -2.45. The number of benzene rings is 1. The van der Waals surface area contributed by atoms with Gasteiger partial charge in [-0.2, -0.15) is 0 Å². The number of amides is 1. The van der Waals surface area contributed by atoms with Gasteiger partial charge in [-0.25, -0.2) is 9.78 Å². The third kappa shape index (κ3) is 6.10. The molecule has 1 saturated heterocycles. The maximum Gasteiger partial charge on any atom is 0.410 e. The Hall–Kier alpha value is -2.80. The molecule has 0 radical (unpaired) electrons. The van der Waals surface area contributed by atoms with Crippen LogP contribution >= 0.6 is 0 Å². The highest BCUT2D eigenvalue weighted by atomic mass is 16.6. The fraction of sp³-hybridized carbons (Fsp3) is 0.500. The number of carbonyl (C=O) groups excluding carboxylic acids is 1. The van der Waals surface area contributed by atoms with E-state index >= 15 is 0 Å². The fourth-order valence-electron chi connectivity index (χ4n) is 3.84. The number of pyridine rings is 1. The molecule has 0 unspecified atom stereocenters. The second-order valence-corrected chi connectivity index (χ2v) is 8.72. The van der Waals surface area contributed by atoms with E-state index in [0.29, 0.717) is 19.0 Å². The molecule has 1 amide bonds. The number of nitrogens with one attached hydrogen (secondary N) is 1. The van der Waals surface area contributed by atoms with Crippen LogP contribution in [-0.4, -0.2) is 48.4 Å². The number of ether oxygens (including phenoxy) is 3. The number of rotatable bonds is 7. The van der Waals surface area contributed by atoms with Gasteiger partial charge >= 0.3 is 6.09 Å². The topological polar surface area (TPSA) is 72.9 Å². The molecular weight excluding hydrogens is 394 g/mol. The molecular formula is C24H33N3O4. The smallest absolute Gasteiger partial charge is 0.410 e. The Balaban J connectivity index is 1.82. The molecule has 0 saturated carbocycles. The minimum absolute atomic E-state index is 0.00514. The zero-order chi connectivity index (χ0) is 22.4. The largest absolute Gasteiger partial charge is 0.497 e. The zero-order valence-corrected chi connectivity index (χ0v) is 19.1.